The molecule has 2 heteroatoms. The second kappa shape index (κ2) is 13.4. The van der Waals surface area contributed by atoms with Gasteiger partial charge in [0.15, 0.2) is 0 Å². The van der Waals surface area contributed by atoms with E-state index in [4.69, 9.17) is 0 Å². The summed E-state index contributed by atoms with van der Waals surface area (Å²) in [5.74, 6) is 0. The third kappa shape index (κ3) is 7.20. The topological polar surface area (TPSA) is 0 Å². The molecule has 0 radical (unpaired) electrons. The maximum Gasteiger partial charge on any atom is -0.00448 e. The fourth-order valence-corrected chi connectivity index (χ4v) is 10.4. The van der Waals surface area contributed by atoms with Gasteiger partial charge in [-0.3, -0.25) is 0 Å². The molecular weight excluding hydrogens is 593 g/mol. The van der Waals surface area contributed by atoms with E-state index in [0.717, 1.165) is 0 Å². The molecule has 0 bridgehead atoms. The summed E-state index contributed by atoms with van der Waals surface area (Å²) < 4.78 is 0. The van der Waals surface area contributed by atoms with Gasteiger partial charge in [-0.2, -0.15) is 21.8 Å². The van der Waals surface area contributed by atoms with E-state index in [1.54, 1.807) is 0 Å². The van der Waals surface area contributed by atoms with Crippen LogP contribution < -0.4 is 0 Å². The van der Waals surface area contributed by atoms with Crippen molar-refractivity contribution in [1.82, 2.24) is 0 Å². The summed E-state index contributed by atoms with van der Waals surface area (Å²) in [5, 5.41) is 0. The number of rotatable bonds is 7. The molecule has 0 aromatic heterocycles. The van der Waals surface area contributed by atoms with Gasteiger partial charge in [0.25, 0.3) is 0 Å². The van der Waals surface area contributed by atoms with Crippen LogP contribution in [-0.4, -0.2) is 0 Å². The van der Waals surface area contributed by atoms with Crippen LogP contribution in [0, 0.1) is 0 Å². The number of hydrogen-bond acceptors (Lipinski definition) is 0. The van der Waals surface area contributed by atoms with Crippen molar-refractivity contribution in [2.24, 2.45) is 0 Å². The standard InChI is InChI=1S/C44H46S2/c1-43(2,3)35-21-29-41(30-22-35)45(37-13-9-7-10-14-37)39-25-17-33(18-26-39)34-19-27-40(28-20-34)46(38-15-11-8-12-16-38)42-31-23-36(24-32-42)44(4,5)6/h7-32,45-46H,1-6H3. The van der Waals surface area contributed by atoms with Crippen molar-refractivity contribution in [3.8, 4) is 11.1 Å². The minimum absolute atomic E-state index is 0.143. The Morgan fingerprint density at radius 1 is 0.283 bits per heavy atom. The summed E-state index contributed by atoms with van der Waals surface area (Å²) in [4.78, 5) is 8.27. The maximum atomic E-state index is 2.34. The van der Waals surface area contributed by atoms with Gasteiger partial charge in [-0.05, 0) is 135 Å². The van der Waals surface area contributed by atoms with Gasteiger partial charge in [0.2, 0.25) is 0 Å². The largest absolute Gasteiger partial charge is 0.173 e. The van der Waals surface area contributed by atoms with Gasteiger partial charge in [0.1, 0.15) is 0 Å². The molecule has 6 rings (SSSR count). The van der Waals surface area contributed by atoms with Crippen molar-refractivity contribution in [1.29, 1.82) is 0 Å². The van der Waals surface area contributed by atoms with Crippen molar-refractivity contribution in [2.75, 3.05) is 0 Å². The summed E-state index contributed by atoms with van der Waals surface area (Å²) in [5.41, 5.74) is 5.53. The smallest absolute Gasteiger partial charge is 0.00448 e. The number of benzene rings is 6. The normalized spacial score (nSPS) is 14.0. The molecule has 0 nitrogen and oxygen atoms in total. The first-order valence-electron chi connectivity index (χ1n) is 16.2. The predicted molar refractivity (Wildman–Crippen MR) is 203 cm³/mol. The predicted octanol–water partition coefficient (Wildman–Crippen LogP) is 12.9. The molecule has 234 valence electrons. The van der Waals surface area contributed by atoms with E-state index in [1.807, 2.05) is 0 Å². The van der Waals surface area contributed by atoms with Crippen molar-refractivity contribution in [2.45, 2.75) is 81.7 Å². The van der Waals surface area contributed by atoms with E-state index in [0.29, 0.717) is 0 Å². The molecular formula is C44H46S2. The molecule has 0 fully saturated rings. The monoisotopic (exact) mass is 638 g/mol. The van der Waals surface area contributed by atoms with Crippen LogP contribution in [0.2, 0.25) is 0 Å². The lowest BCUT2D eigenvalue weighted by Gasteiger charge is -2.26. The van der Waals surface area contributed by atoms with Crippen molar-refractivity contribution < 1.29 is 0 Å². The van der Waals surface area contributed by atoms with Crippen LogP contribution in [-0.2, 0) is 10.8 Å². The third-order valence-corrected chi connectivity index (χ3v) is 13.5. The lowest BCUT2D eigenvalue weighted by atomic mass is 9.87. The lowest BCUT2D eigenvalue weighted by Crippen LogP contribution is -2.10. The Labute approximate surface area is 282 Å². The fourth-order valence-electron chi connectivity index (χ4n) is 5.88. The van der Waals surface area contributed by atoms with Gasteiger partial charge in [0, 0.05) is 0 Å². The molecule has 46 heavy (non-hydrogen) atoms. The van der Waals surface area contributed by atoms with Gasteiger partial charge in [0.05, 0.1) is 0 Å². The molecule has 0 amide bonds. The van der Waals surface area contributed by atoms with E-state index in [2.05, 4.69) is 199 Å². The van der Waals surface area contributed by atoms with Crippen LogP contribution in [0.25, 0.3) is 11.1 Å². The highest BCUT2D eigenvalue weighted by Gasteiger charge is 2.18. The van der Waals surface area contributed by atoms with Gasteiger partial charge in [-0.25, -0.2) is 0 Å². The Hall–Kier alpha value is -3.98. The highest BCUT2D eigenvalue weighted by molar-refractivity contribution is 8.17. The molecule has 6 aromatic rings. The van der Waals surface area contributed by atoms with E-state index in [-0.39, 0.29) is 10.8 Å². The highest BCUT2D eigenvalue weighted by Crippen LogP contribution is 2.53. The molecule has 0 heterocycles. The van der Waals surface area contributed by atoms with Crippen LogP contribution in [0.15, 0.2) is 187 Å². The fraction of sp³-hybridized carbons (Fsp3) is 0.182. The highest BCUT2D eigenvalue weighted by atomic mass is 32.2. The first-order chi connectivity index (χ1) is 22.1. The average Bonchev–Trinajstić information content (AvgIpc) is 3.06. The summed E-state index contributed by atoms with van der Waals surface area (Å²) >= 11 is 0. The van der Waals surface area contributed by atoms with Gasteiger partial charge >= 0.3 is 0 Å². The van der Waals surface area contributed by atoms with E-state index >= 15 is 0 Å². The molecule has 0 saturated heterocycles. The third-order valence-electron chi connectivity index (χ3n) is 8.60. The van der Waals surface area contributed by atoms with E-state index in [1.165, 1.54) is 51.6 Å². The maximum absolute atomic E-state index is 2.34. The van der Waals surface area contributed by atoms with Crippen LogP contribution >= 0.6 is 21.8 Å². The molecule has 0 saturated carbocycles. The van der Waals surface area contributed by atoms with E-state index < -0.39 is 21.8 Å². The lowest BCUT2D eigenvalue weighted by molar-refractivity contribution is 0.589. The van der Waals surface area contributed by atoms with E-state index in [9.17, 15) is 0 Å². The zero-order valence-corrected chi connectivity index (χ0v) is 29.7. The Morgan fingerprint density at radius 2 is 0.522 bits per heavy atom. The molecule has 2 atom stereocenters. The van der Waals surface area contributed by atoms with Crippen LogP contribution in [0.5, 0.6) is 0 Å². The molecule has 0 aliphatic carbocycles. The Bertz CT molecular complexity index is 1700. The quantitative estimate of drug-likeness (QED) is 0.160. The first kappa shape index (κ1) is 32.0. The van der Waals surface area contributed by atoms with Gasteiger partial charge < -0.3 is 0 Å². The van der Waals surface area contributed by atoms with Crippen LogP contribution in [0.3, 0.4) is 0 Å². The van der Waals surface area contributed by atoms with Crippen LogP contribution in [0.1, 0.15) is 52.7 Å². The zero-order chi connectivity index (χ0) is 32.3. The summed E-state index contributed by atoms with van der Waals surface area (Å²) in [7, 11) is -1.30. The Balaban J connectivity index is 1.30. The summed E-state index contributed by atoms with van der Waals surface area (Å²) in [6.07, 6.45) is 0. The molecule has 0 N–H and O–H groups in total. The van der Waals surface area contributed by atoms with Crippen molar-refractivity contribution in [3.05, 3.63) is 169 Å². The second-order valence-corrected chi connectivity index (χ2v) is 18.5. The minimum atomic E-state index is -0.648. The molecule has 0 aliphatic heterocycles. The van der Waals surface area contributed by atoms with Gasteiger partial charge in [-0.1, -0.05) is 126 Å². The molecule has 2 unspecified atom stereocenters. The van der Waals surface area contributed by atoms with Crippen LogP contribution in [0.4, 0.5) is 0 Å². The average molecular weight is 639 g/mol. The molecule has 0 aliphatic rings. The Kier molecular flexibility index (Phi) is 9.32. The second-order valence-electron chi connectivity index (χ2n) is 14.0. The first-order valence-corrected chi connectivity index (χ1v) is 18.9. The Morgan fingerprint density at radius 3 is 0.783 bits per heavy atom. The summed E-state index contributed by atoms with van der Waals surface area (Å²) in [6, 6.07) is 59.1. The van der Waals surface area contributed by atoms with Gasteiger partial charge in [-0.15, -0.1) is 0 Å². The number of hydrogen-bond donors (Lipinski definition) is 2. The van der Waals surface area contributed by atoms with Crippen molar-refractivity contribution >= 4 is 21.8 Å². The number of thiol groups is 2. The SMILES string of the molecule is CC(C)(C)c1ccc([SH](c2ccccc2)c2ccc(-c3ccc([SH](c4ccccc4)c4ccc(C(C)(C)C)cc4)cc3)cc2)cc1. The zero-order valence-electron chi connectivity index (χ0n) is 27.9. The van der Waals surface area contributed by atoms with Crippen molar-refractivity contribution in [3.63, 3.8) is 0 Å². The minimum Gasteiger partial charge on any atom is -0.173 e. The molecule has 6 aromatic carbocycles. The molecule has 0 spiro atoms. The summed E-state index contributed by atoms with van der Waals surface area (Å²) in [6.45, 7) is 13.7.